The molecule has 12 N–H and O–H groups in total. The molecule has 0 spiro atoms. The molecule has 0 saturated carbocycles. The molecule has 0 unspecified atom stereocenters. The van der Waals surface area contributed by atoms with Crippen molar-refractivity contribution in [2.24, 2.45) is 5.41 Å². The molecule has 0 saturated heterocycles. The van der Waals surface area contributed by atoms with E-state index in [1.54, 1.807) is 0 Å². The SMILES string of the molecule is CC(C)(C)C.N.N.N.N. The van der Waals surface area contributed by atoms with Gasteiger partial charge in [0.1, 0.15) is 0 Å². The molecular formula is C5H24N4. The normalized spacial score (nSPS) is 6.67. The van der Waals surface area contributed by atoms with Crippen LogP contribution in [0, 0.1) is 5.41 Å². The molecule has 0 aromatic rings. The van der Waals surface area contributed by atoms with Gasteiger partial charge in [0, 0.05) is 0 Å². The molecule has 0 rings (SSSR count). The van der Waals surface area contributed by atoms with Crippen LogP contribution in [0.25, 0.3) is 0 Å². The van der Waals surface area contributed by atoms with Crippen molar-refractivity contribution in [1.29, 1.82) is 0 Å². The smallest absolute Gasteiger partial charge is 0.0411 e. The van der Waals surface area contributed by atoms with Gasteiger partial charge < -0.3 is 24.6 Å². The highest BCUT2D eigenvalue weighted by atomic mass is 14.0. The Hall–Kier alpha value is -0.160. The molecule has 4 heteroatoms. The first-order chi connectivity index (χ1) is 2.00. The van der Waals surface area contributed by atoms with Crippen molar-refractivity contribution in [3.8, 4) is 0 Å². The van der Waals surface area contributed by atoms with Gasteiger partial charge in [-0.2, -0.15) is 0 Å². The quantitative estimate of drug-likeness (QED) is 0.410. The first-order valence-corrected chi connectivity index (χ1v) is 2.00. The highest BCUT2D eigenvalue weighted by Gasteiger charge is 1.95. The molecule has 4 nitrogen and oxygen atoms in total. The number of hydrogen-bond acceptors (Lipinski definition) is 4. The second-order valence-corrected chi connectivity index (χ2v) is 3.00. The second-order valence-electron chi connectivity index (χ2n) is 3.00. The van der Waals surface area contributed by atoms with Gasteiger partial charge >= 0.3 is 0 Å². The van der Waals surface area contributed by atoms with E-state index in [0.717, 1.165) is 0 Å². The van der Waals surface area contributed by atoms with Crippen LogP contribution in [0.15, 0.2) is 0 Å². The Morgan fingerprint density at radius 1 is 0.556 bits per heavy atom. The Morgan fingerprint density at radius 2 is 0.556 bits per heavy atom. The molecule has 0 aliphatic rings. The zero-order chi connectivity index (χ0) is 4.50. The van der Waals surface area contributed by atoms with Gasteiger partial charge in [0.05, 0.1) is 0 Å². The molecular weight excluding hydrogens is 116 g/mol. The second kappa shape index (κ2) is 10.8. The van der Waals surface area contributed by atoms with Gasteiger partial charge in [0.15, 0.2) is 0 Å². The third-order valence-electron chi connectivity index (χ3n) is 0. The molecule has 0 aromatic heterocycles. The zero-order valence-electron chi connectivity index (χ0n) is 7.33. The van der Waals surface area contributed by atoms with Crippen molar-refractivity contribution in [1.82, 2.24) is 24.6 Å². The summed E-state index contributed by atoms with van der Waals surface area (Å²) in [6.45, 7) is 8.75. The van der Waals surface area contributed by atoms with Crippen LogP contribution in [0.5, 0.6) is 0 Å². The van der Waals surface area contributed by atoms with Crippen LogP contribution in [-0.4, -0.2) is 0 Å². The van der Waals surface area contributed by atoms with Gasteiger partial charge in [0.25, 0.3) is 0 Å². The fourth-order valence-corrected chi connectivity index (χ4v) is 0. The van der Waals surface area contributed by atoms with Crippen molar-refractivity contribution in [3.05, 3.63) is 0 Å². The molecule has 0 heterocycles. The van der Waals surface area contributed by atoms with Gasteiger partial charge in [-0.05, 0) is 5.41 Å². The lowest BCUT2D eigenvalue weighted by Gasteiger charge is -2.05. The van der Waals surface area contributed by atoms with Crippen LogP contribution in [-0.2, 0) is 0 Å². The molecule has 9 heavy (non-hydrogen) atoms. The third-order valence-corrected chi connectivity index (χ3v) is 0. The van der Waals surface area contributed by atoms with E-state index in [2.05, 4.69) is 27.7 Å². The summed E-state index contributed by atoms with van der Waals surface area (Å²) in [5.74, 6) is 0. The Morgan fingerprint density at radius 3 is 0.556 bits per heavy atom. The minimum atomic E-state index is 0. The van der Waals surface area contributed by atoms with Crippen molar-refractivity contribution in [2.45, 2.75) is 27.7 Å². The van der Waals surface area contributed by atoms with E-state index in [1.807, 2.05) is 0 Å². The fourth-order valence-electron chi connectivity index (χ4n) is 0. The van der Waals surface area contributed by atoms with E-state index in [1.165, 1.54) is 0 Å². The molecule has 0 bridgehead atoms. The van der Waals surface area contributed by atoms with E-state index in [-0.39, 0.29) is 24.6 Å². The Bertz CT molecular complexity index is 24.4. The highest BCUT2D eigenvalue weighted by molar-refractivity contribution is 4.47. The molecule has 0 aliphatic heterocycles. The number of hydrogen-bond donors (Lipinski definition) is 4. The molecule has 0 aliphatic carbocycles. The summed E-state index contributed by atoms with van der Waals surface area (Å²) in [7, 11) is 0. The summed E-state index contributed by atoms with van der Waals surface area (Å²) < 4.78 is 0. The average molecular weight is 140 g/mol. The topological polar surface area (TPSA) is 140 Å². The van der Waals surface area contributed by atoms with Crippen molar-refractivity contribution < 1.29 is 0 Å². The van der Waals surface area contributed by atoms with Crippen LogP contribution >= 0.6 is 0 Å². The van der Waals surface area contributed by atoms with Crippen molar-refractivity contribution in [3.63, 3.8) is 0 Å². The van der Waals surface area contributed by atoms with Gasteiger partial charge in [-0.25, -0.2) is 0 Å². The van der Waals surface area contributed by atoms with Crippen LogP contribution < -0.4 is 24.6 Å². The largest absolute Gasteiger partial charge is 0.344 e. The lowest BCUT2D eigenvalue weighted by Crippen LogP contribution is -1.93. The summed E-state index contributed by atoms with van der Waals surface area (Å²) >= 11 is 0. The van der Waals surface area contributed by atoms with Gasteiger partial charge in [-0.3, -0.25) is 0 Å². The maximum absolute atomic E-state index is 2.19. The lowest BCUT2D eigenvalue weighted by atomic mass is 10.0. The average Bonchev–Trinajstić information content (AvgIpc) is 0.722. The van der Waals surface area contributed by atoms with Gasteiger partial charge in [-0.15, -0.1) is 0 Å². The van der Waals surface area contributed by atoms with E-state index in [4.69, 9.17) is 0 Å². The van der Waals surface area contributed by atoms with Crippen LogP contribution in [0.2, 0.25) is 0 Å². The first kappa shape index (κ1) is 36.8. The van der Waals surface area contributed by atoms with Crippen LogP contribution in [0.1, 0.15) is 27.7 Å². The highest BCUT2D eigenvalue weighted by Crippen LogP contribution is 2.07. The molecule has 0 amide bonds. The predicted octanol–water partition coefficient (Wildman–Crippen LogP) is 2.70. The van der Waals surface area contributed by atoms with Gasteiger partial charge in [0.2, 0.25) is 0 Å². The van der Waals surface area contributed by atoms with Crippen molar-refractivity contribution in [2.75, 3.05) is 0 Å². The fraction of sp³-hybridized carbons (Fsp3) is 1.00. The third kappa shape index (κ3) is 10400. The first-order valence-electron chi connectivity index (χ1n) is 2.00. The summed E-state index contributed by atoms with van der Waals surface area (Å²) in [4.78, 5) is 0. The lowest BCUT2D eigenvalue weighted by molar-refractivity contribution is 0.469. The van der Waals surface area contributed by atoms with E-state index >= 15 is 0 Å². The summed E-state index contributed by atoms with van der Waals surface area (Å²) in [6.07, 6.45) is 0. The van der Waals surface area contributed by atoms with E-state index in [0.29, 0.717) is 5.41 Å². The summed E-state index contributed by atoms with van der Waals surface area (Å²) in [6, 6.07) is 0. The molecule has 0 aromatic carbocycles. The van der Waals surface area contributed by atoms with E-state index in [9.17, 15) is 0 Å². The maximum Gasteiger partial charge on any atom is -0.0411 e. The van der Waals surface area contributed by atoms with Crippen molar-refractivity contribution >= 4 is 0 Å². The standard InChI is InChI=1S/C5H12.4H3N/c1-5(2,3)4;;;;/h1-4H3;4*1H3. The van der Waals surface area contributed by atoms with Crippen LogP contribution in [0.3, 0.4) is 0 Å². The molecule has 0 atom stereocenters. The Labute approximate surface area is 58.7 Å². The minimum Gasteiger partial charge on any atom is -0.344 e. The molecule has 0 fully saturated rings. The monoisotopic (exact) mass is 140 g/mol. The maximum atomic E-state index is 2.19. The van der Waals surface area contributed by atoms with Gasteiger partial charge in [-0.1, -0.05) is 27.7 Å². The summed E-state index contributed by atoms with van der Waals surface area (Å²) in [5.41, 5.74) is 0.500. The summed E-state index contributed by atoms with van der Waals surface area (Å²) in [5, 5.41) is 0. The molecule has 0 radical (unpaired) electrons. The Kier molecular flexibility index (Phi) is 44.0. The van der Waals surface area contributed by atoms with Crippen LogP contribution in [0.4, 0.5) is 0 Å². The Balaban J connectivity index is -0.0000000133. The minimum absolute atomic E-state index is 0. The predicted molar refractivity (Wildman–Crippen MR) is 45.2 cm³/mol. The zero-order valence-corrected chi connectivity index (χ0v) is 7.33. The molecule has 64 valence electrons. The number of rotatable bonds is 0. The van der Waals surface area contributed by atoms with E-state index < -0.39 is 0 Å².